The van der Waals surface area contributed by atoms with Gasteiger partial charge in [-0.05, 0) is 18.2 Å². The van der Waals surface area contributed by atoms with Crippen LogP contribution < -0.4 is 0 Å². The lowest BCUT2D eigenvalue weighted by molar-refractivity contribution is 0.100. The Hall–Kier alpha value is -1.97. The van der Waals surface area contributed by atoms with Gasteiger partial charge in [0, 0.05) is 6.20 Å². The van der Waals surface area contributed by atoms with Gasteiger partial charge >= 0.3 is 0 Å². The Morgan fingerprint density at radius 2 is 2.29 bits per heavy atom. The van der Waals surface area contributed by atoms with Crippen LogP contribution in [0.15, 0.2) is 41.3 Å². The number of furan rings is 1. The number of rotatable bonds is 2. The SMILES string of the molecule is O=C(c1ccco1)c1ccncc1F. The molecule has 0 fully saturated rings. The van der Waals surface area contributed by atoms with Crippen molar-refractivity contribution in [1.29, 1.82) is 0 Å². The van der Waals surface area contributed by atoms with Crippen molar-refractivity contribution in [2.24, 2.45) is 0 Å². The molecule has 70 valence electrons. The normalized spacial score (nSPS) is 10.1. The molecule has 2 aromatic rings. The molecule has 0 radical (unpaired) electrons. The summed E-state index contributed by atoms with van der Waals surface area (Å²) in [6.07, 6.45) is 3.72. The van der Waals surface area contributed by atoms with Crippen molar-refractivity contribution >= 4 is 5.78 Å². The lowest BCUT2D eigenvalue weighted by Crippen LogP contribution is -2.02. The van der Waals surface area contributed by atoms with Gasteiger partial charge in [-0.15, -0.1) is 0 Å². The van der Waals surface area contributed by atoms with Crippen molar-refractivity contribution in [3.8, 4) is 0 Å². The standard InChI is InChI=1S/C10H6FNO2/c11-8-6-12-4-3-7(8)10(13)9-2-1-5-14-9/h1-6H. The molecule has 0 aliphatic rings. The first-order chi connectivity index (χ1) is 6.79. The molecular formula is C10H6FNO2. The summed E-state index contributed by atoms with van der Waals surface area (Å²) in [4.78, 5) is 15.1. The van der Waals surface area contributed by atoms with E-state index in [-0.39, 0.29) is 11.3 Å². The molecule has 0 amide bonds. The number of hydrogen-bond acceptors (Lipinski definition) is 3. The average Bonchev–Trinajstić information content (AvgIpc) is 2.70. The minimum atomic E-state index is -0.645. The predicted octanol–water partition coefficient (Wildman–Crippen LogP) is 2.04. The summed E-state index contributed by atoms with van der Waals surface area (Å²) in [6.45, 7) is 0. The molecule has 3 nitrogen and oxygen atoms in total. The second-order valence-corrected chi connectivity index (χ2v) is 2.66. The summed E-state index contributed by atoms with van der Waals surface area (Å²) in [5, 5.41) is 0. The maximum absolute atomic E-state index is 13.1. The summed E-state index contributed by atoms with van der Waals surface area (Å²) in [5.41, 5.74) is -0.0325. The molecule has 2 aromatic heterocycles. The smallest absolute Gasteiger partial charge is 0.231 e. The third kappa shape index (κ3) is 1.42. The lowest BCUT2D eigenvalue weighted by Gasteiger charge is -1.97. The molecule has 14 heavy (non-hydrogen) atoms. The highest BCUT2D eigenvalue weighted by atomic mass is 19.1. The van der Waals surface area contributed by atoms with Gasteiger partial charge < -0.3 is 4.42 Å². The minimum Gasteiger partial charge on any atom is -0.461 e. The minimum absolute atomic E-state index is 0.0325. The summed E-state index contributed by atoms with van der Waals surface area (Å²) >= 11 is 0. The zero-order valence-corrected chi connectivity index (χ0v) is 7.11. The van der Waals surface area contributed by atoms with Crippen molar-refractivity contribution in [3.05, 3.63) is 54.0 Å². The predicted molar refractivity (Wildman–Crippen MR) is 46.3 cm³/mol. The van der Waals surface area contributed by atoms with Crippen molar-refractivity contribution in [3.63, 3.8) is 0 Å². The van der Waals surface area contributed by atoms with Crippen LogP contribution >= 0.6 is 0 Å². The number of hydrogen-bond donors (Lipinski definition) is 0. The molecule has 2 rings (SSSR count). The summed E-state index contributed by atoms with van der Waals surface area (Å²) < 4.78 is 18.0. The number of carbonyl (C=O) groups excluding carboxylic acids is 1. The molecule has 0 aliphatic heterocycles. The summed E-state index contributed by atoms with van der Waals surface area (Å²) in [7, 11) is 0. The van der Waals surface area contributed by atoms with Crippen LogP contribution in [0.1, 0.15) is 16.1 Å². The van der Waals surface area contributed by atoms with E-state index in [1.54, 1.807) is 6.07 Å². The third-order valence-corrected chi connectivity index (χ3v) is 1.76. The van der Waals surface area contributed by atoms with E-state index in [4.69, 9.17) is 4.42 Å². The van der Waals surface area contributed by atoms with E-state index in [0.717, 1.165) is 6.20 Å². The first kappa shape index (κ1) is 8.62. The van der Waals surface area contributed by atoms with E-state index in [0.29, 0.717) is 0 Å². The van der Waals surface area contributed by atoms with Gasteiger partial charge in [-0.1, -0.05) is 0 Å². The largest absolute Gasteiger partial charge is 0.461 e. The maximum Gasteiger partial charge on any atom is 0.231 e. The molecule has 0 bridgehead atoms. The maximum atomic E-state index is 13.1. The molecule has 2 heterocycles. The van der Waals surface area contributed by atoms with Gasteiger partial charge in [-0.3, -0.25) is 9.78 Å². The van der Waals surface area contributed by atoms with Gasteiger partial charge in [-0.2, -0.15) is 0 Å². The van der Waals surface area contributed by atoms with E-state index in [1.807, 2.05) is 0 Å². The Bertz CT molecular complexity index is 451. The van der Waals surface area contributed by atoms with Crippen molar-refractivity contribution < 1.29 is 13.6 Å². The fourth-order valence-electron chi connectivity index (χ4n) is 1.10. The Morgan fingerprint density at radius 3 is 2.93 bits per heavy atom. The van der Waals surface area contributed by atoms with Crippen LogP contribution in [0.4, 0.5) is 4.39 Å². The second kappa shape index (κ2) is 3.41. The van der Waals surface area contributed by atoms with Crippen LogP contribution in [0.3, 0.4) is 0 Å². The summed E-state index contributed by atoms with van der Waals surface area (Å²) in [5.74, 6) is -1.00. The fourth-order valence-corrected chi connectivity index (χ4v) is 1.10. The van der Waals surface area contributed by atoms with Crippen LogP contribution in [0.2, 0.25) is 0 Å². The van der Waals surface area contributed by atoms with Gasteiger partial charge in [0.1, 0.15) is 0 Å². The number of nitrogens with zero attached hydrogens (tertiary/aromatic N) is 1. The fraction of sp³-hybridized carbons (Fsp3) is 0. The van der Waals surface area contributed by atoms with Crippen molar-refractivity contribution in [1.82, 2.24) is 4.98 Å². The van der Waals surface area contributed by atoms with E-state index < -0.39 is 11.6 Å². The van der Waals surface area contributed by atoms with Gasteiger partial charge in [-0.25, -0.2) is 4.39 Å². The Kier molecular flexibility index (Phi) is 2.10. The monoisotopic (exact) mass is 191 g/mol. The number of halogens is 1. The van der Waals surface area contributed by atoms with Crippen LogP contribution in [0.25, 0.3) is 0 Å². The molecule has 0 saturated heterocycles. The van der Waals surface area contributed by atoms with E-state index in [2.05, 4.69) is 4.98 Å². The third-order valence-electron chi connectivity index (χ3n) is 1.76. The zero-order valence-electron chi connectivity index (χ0n) is 7.11. The highest BCUT2D eigenvalue weighted by Crippen LogP contribution is 2.12. The molecule has 0 spiro atoms. The van der Waals surface area contributed by atoms with Gasteiger partial charge in [0.25, 0.3) is 0 Å². The Balaban J connectivity index is 2.42. The molecule has 0 atom stereocenters. The molecular weight excluding hydrogens is 185 g/mol. The first-order valence-electron chi connectivity index (χ1n) is 3.97. The van der Waals surface area contributed by atoms with Crippen LogP contribution in [0, 0.1) is 5.82 Å². The van der Waals surface area contributed by atoms with Crippen LogP contribution in [0.5, 0.6) is 0 Å². The Labute approximate surface area is 79.2 Å². The quantitative estimate of drug-likeness (QED) is 0.682. The average molecular weight is 191 g/mol. The van der Waals surface area contributed by atoms with Gasteiger partial charge in [0.05, 0.1) is 18.0 Å². The van der Waals surface area contributed by atoms with E-state index in [1.165, 1.54) is 24.6 Å². The number of aromatic nitrogens is 1. The van der Waals surface area contributed by atoms with Crippen LogP contribution in [-0.4, -0.2) is 10.8 Å². The topological polar surface area (TPSA) is 43.1 Å². The van der Waals surface area contributed by atoms with Gasteiger partial charge in [0.2, 0.25) is 5.78 Å². The highest BCUT2D eigenvalue weighted by molar-refractivity contribution is 6.07. The molecule has 0 aliphatic carbocycles. The molecule has 4 heteroatoms. The van der Waals surface area contributed by atoms with Crippen molar-refractivity contribution in [2.75, 3.05) is 0 Å². The number of pyridine rings is 1. The molecule has 0 N–H and O–H groups in total. The van der Waals surface area contributed by atoms with E-state index in [9.17, 15) is 9.18 Å². The zero-order chi connectivity index (χ0) is 9.97. The lowest BCUT2D eigenvalue weighted by atomic mass is 10.1. The number of ketones is 1. The second-order valence-electron chi connectivity index (χ2n) is 2.66. The van der Waals surface area contributed by atoms with Crippen LogP contribution in [-0.2, 0) is 0 Å². The van der Waals surface area contributed by atoms with Crippen molar-refractivity contribution in [2.45, 2.75) is 0 Å². The van der Waals surface area contributed by atoms with E-state index >= 15 is 0 Å². The highest BCUT2D eigenvalue weighted by Gasteiger charge is 2.15. The molecule has 0 saturated carbocycles. The number of carbonyl (C=O) groups is 1. The van der Waals surface area contributed by atoms with Gasteiger partial charge in [0.15, 0.2) is 11.6 Å². The molecule has 0 aromatic carbocycles. The molecule has 0 unspecified atom stereocenters. The Morgan fingerprint density at radius 1 is 1.43 bits per heavy atom. The summed E-state index contributed by atoms with van der Waals surface area (Å²) in [6, 6.07) is 4.38. The first-order valence-corrected chi connectivity index (χ1v) is 3.97.